The number of nitrogen functional groups attached to an aromatic ring is 1. The van der Waals surface area contributed by atoms with Crippen LogP contribution in [0.1, 0.15) is 91.9 Å². The second-order valence-electron chi connectivity index (χ2n) is 14.0. The van der Waals surface area contributed by atoms with E-state index in [2.05, 4.69) is 76.2 Å². The summed E-state index contributed by atoms with van der Waals surface area (Å²) in [5.74, 6) is 1.91. The molecule has 0 unspecified atom stereocenters. The van der Waals surface area contributed by atoms with Gasteiger partial charge in [-0.25, -0.2) is 8.42 Å². The topological polar surface area (TPSA) is 102 Å². The summed E-state index contributed by atoms with van der Waals surface area (Å²) in [6, 6.07) is 34.4. The zero-order valence-electron chi connectivity index (χ0n) is 31.3. The van der Waals surface area contributed by atoms with Gasteiger partial charge in [0.1, 0.15) is 11.5 Å². The molecule has 4 aromatic carbocycles. The molecule has 2 fully saturated rings. The SMILES string of the molecule is CC(C)Oc1cccc(OC(C)C)c1-c1ccccc1P(C1CCCCC1)C1CCCCC1.CS(=O)(=O)[O-].Nc1ccccc1-c1[c]cccc1.[Pd]. The number of ether oxygens (including phenoxy) is 2. The molecule has 52 heavy (non-hydrogen) atoms. The van der Waals surface area contributed by atoms with Crippen LogP contribution in [0.5, 0.6) is 11.5 Å². The van der Waals surface area contributed by atoms with Crippen molar-refractivity contribution in [1.82, 2.24) is 0 Å². The average molecular weight is 836 g/mol. The zero-order valence-corrected chi connectivity index (χ0v) is 34.6. The maximum Gasteiger partial charge on any atom is 0.131 e. The van der Waals surface area contributed by atoms with Gasteiger partial charge in [-0.15, -0.1) is 0 Å². The van der Waals surface area contributed by atoms with Crippen molar-refractivity contribution in [1.29, 1.82) is 0 Å². The Morgan fingerprint density at radius 2 is 1.15 bits per heavy atom. The van der Waals surface area contributed by atoms with Gasteiger partial charge < -0.3 is 19.8 Å². The Balaban J connectivity index is 0.000000316. The molecule has 6 rings (SSSR count). The maximum atomic E-state index is 9.08. The third-order valence-electron chi connectivity index (χ3n) is 9.06. The van der Waals surface area contributed by atoms with Gasteiger partial charge in [-0.1, -0.05) is 119 Å². The molecule has 0 atom stereocenters. The van der Waals surface area contributed by atoms with Crippen molar-refractivity contribution in [3.63, 3.8) is 0 Å². The Hall–Kier alpha value is -2.72. The van der Waals surface area contributed by atoms with E-state index >= 15 is 0 Å². The van der Waals surface area contributed by atoms with Crippen LogP contribution in [0.2, 0.25) is 0 Å². The van der Waals surface area contributed by atoms with Crippen LogP contribution in [0.4, 0.5) is 5.69 Å². The normalized spacial score (nSPS) is 15.2. The van der Waals surface area contributed by atoms with E-state index in [0.717, 1.165) is 45.2 Å². The summed E-state index contributed by atoms with van der Waals surface area (Å²) < 4.78 is 40.0. The van der Waals surface area contributed by atoms with Crippen LogP contribution in [0, 0.1) is 6.07 Å². The monoisotopic (exact) mass is 835 g/mol. The zero-order chi connectivity index (χ0) is 36.8. The van der Waals surface area contributed by atoms with E-state index in [1.807, 2.05) is 48.5 Å². The van der Waals surface area contributed by atoms with Gasteiger partial charge in [0.05, 0.1) is 27.9 Å². The Morgan fingerprint density at radius 3 is 1.62 bits per heavy atom. The molecule has 9 heteroatoms. The third kappa shape index (κ3) is 13.9. The first-order chi connectivity index (χ1) is 24.4. The molecule has 0 spiro atoms. The van der Waals surface area contributed by atoms with Gasteiger partial charge in [-0.2, -0.15) is 0 Å². The van der Waals surface area contributed by atoms with Crippen LogP contribution in [0.15, 0.2) is 91.0 Å². The average Bonchev–Trinajstić information content (AvgIpc) is 3.10. The second-order valence-corrected chi connectivity index (χ2v) is 18.2. The molecule has 0 bridgehead atoms. The van der Waals surface area contributed by atoms with Crippen LogP contribution < -0.4 is 20.5 Å². The third-order valence-corrected chi connectivity index (χ3v) is 12.6. The summed E-state index contributed by atoms with van der Waals surface area (Å²) >= 11 is 0. The summed E-state index contributed by atoms with van der Waals surface area (Å²) in [6.07, 6.45) is 15.0. The maximum absolute atomic E-state index is 9.08. The predicted molar refractivity (Wildman–Crippen MR) is 214 cm³/mol. The Kier molecular flexibility index (Phi) is 18.4. The van der Waals surface area contributed by atoms with Crippen molar-refractivity contribution in [2.45, 2.75) is 115 Å². The van der Waals surface area contributed by atoms with E-state index in [1.54, 1.807) is 5.30 Å². The van der Waals surface area contributed by atoms with Gasteiger partial charge in [0, 0.05) is 37.9 Å². The van der Waals surface area contributed by atoms with Crippen molar-refractivity contribution in [3.8, 4) is 33.8 Å². The fourth-order valence-corrected chi connectivity index (χ4v) is 11.1. The molecule has 1 radical (unpaired) electrons. The van der Waals surface area contributed by atoms with Crippen LogP contribution in [0.25, 0.3) is 22.3 Å². The summed E-state index contributed by atoms with van der Waals surface area (Å²) in [5.41, 5.74) is 13.0. The molecule has 4 aromatic rings. The Labute approximate surface area is 328 Å². The molecule has 0 aliphatic heterocycles. The number of hydrogen-bond donors (Lipinski definition) is 1. The minimum atomic E-state index is -3.92. The number of hydrogen-bond acceptors (Lipinski definition) is 6. The summed E-state index contributed by atoms with van der Waals surface area (Å²) in [7, 11) is -4.13. The first-order valence-electron chi connectivity index (χ1n) is 18.5. The number of benzene rings is 4. The van der Waals surface area contributed by atoms with E-state index in [1.165, 1.54) is 69.8 Å². The van der Waals surface area contributed by atoms with E-state index in [4.69, 9.17) is 28.2 Å². The fourth-order valence-electron chi connectivity index (χ4n) is 7.10. The van der Waals surface area contributed by atoms with Gasteiger partial charge in [0.15, 0.2) is 0 Å². The molecule has 0 aromatic heterocycles. The van der Waals surface area contributed by atoms with Crippen LogP contribution in [-0.2, 0) is 30.5 Å². The number of anilines is 1. The van der Waals surface area contributed by atoms with Gasteiger partial charge in [0.2, 0.25) is 0 Å². The standard InChI is InChI=1S/C30H43O2P.C12H10N.CH4O3S.Pd/c1-22(2)31-27-19-13-20-28(32-23(3)4)30(27)26-18-11-12-21-29(26)33(24-14-7-5-8-15-24)25-16-9-6-10-17-25;13-12-9-5-4-8-11(12)10-6-2-1-3-7-10;1-5(2,3)4;/h11-13,18-25H,5-10,14-17H2,1-4H3;1-6,8-9H,13H2;1H3,(H,2,3,4);/p-1. The van der Waals surface area contributed by atoms with Crippen molar-refractivity contribution in [3.05, 3.63) is 97.1 Å². The summed E-state index contributed by atoms with van der Waals surface area (Å²) in [5, 5.41) is 1.60. The molecular formula is C43H56NO5PPdS-. The van der Waals surface area contributed by atoms with E-state index < -0.39 is 10.1 Å². The van der Waals surface area contributed by atoms with Gasteiger partial charge >= 0.3 is 0 Å². The molecule has 2 saturated carbocycles. The summed E-state index contributed by atoms with van der Waals surface area (Å²) in [6.45, 7) is 8.45. The molecule has 0 amide bonds. The molecule has 2 aliphatic rings. The first-order valence-corrected chi connectivity index (χ1v) is 21.8. The molecule has 2 aliphatic carbocycles. The minimum Gasteiger partial charge on any atom is -0.748 e. The van der Waals surface area contributed by atoms with Crippen molar-refractivity contribution in [2.75, 3.05) is 12.0 Å². The quantitative estimate of drug-likeness (QED) is 0.0780. The number of nitrogens with two attached hydrogens (primary N) is 1. The Morgan fingerprint density at radius 1 is 0.692 bits per heavy atom. The van der Waals surface area contributed by atoms with Crippen molar-refractivity contribution in [2.24, 2.45) is 0 Å². The second kappa shape index (κ2) is 21.9. The number of para-hydroxylation sites is 1. The molecule has 285 valence electrons. The van der Waals surface area contributed by atoms with Gasteiger partial charge in [0.25, 0.3) is 0 Å². The minimum absolute atomic E-state index is 0. The van der Waals surface area contributed by atoms with Crippen molar-refractivity contribution >= 4 is 29.0 Å². The van der Waals surface area contributed by atoms with E-state index in [-0.39, 0.29) is 40.6 Å². The molecular weight excluding hydrogens is 780 g/mol. The molecule has 6 nitrogen and oxygen atoms in total. The predicted octanol–water partition coefficient (Wildman–Crippen LogP) is 10.6. The van der Waals surface area contributed by atoms with Gasteiger partial charge in [-0.05, 0) is 105 Å². The van der Waals surface area contributed by atoms with Crippen LogP contribution >= 0.6 is 7.92 Å². The smallest absolute Gasteiger partial charge is 0.131 e. The van der Waals surface area contributed by atoms with Crippen LogP contribution in [-0.4, -0.2) is 42.8 Å². The summed E-state index contributed by atoms with van der Waals surface area (Å²) in [4.78, 5) is 0. The molecule has 2 N–H and O–H groups in total. The van der Waals surface area contributed by atoms with Crippen LogP contribution in [0.3, 0.4) is 0 Å². The largest absolute Gasteiger partial charge is 0.748 e. The first kappa shape index (κ1) is 43.7. The molecule has 0 heterocycles. The van der Waals surface area contributed by atoms with E-state index in [0.29, 0.717) is 6.26 Å². The fraction of sp³-hybridized carbons (Fsp3) is 0.442. The Bertz CT molecular complexity index is 1690. The van der Waals surface area contributed by atoms with Crippen molar-refractivity contribution < 1.29 is 42.9 Å². The van der Waals surface area contributed by atoms with Gasteiger partial charge in [-0.3, -0.25) is 0 Å². The van der Waals surface area contributed by atoms with E-state index in [9.17, 15) is 0 Å². The molecule has 0 saturated heterocycles. The number of rotatable bonds is 9.